The van der Waals surface area contributed by atoms with Crippen molar-refractivity contribution in [2.45, 2.75) is 32.1 Å². The highest BCUT2D eigenvalue weighted by molar-refractivity contribution is 6.14. The van der Waals surface area contributed by atoms with E-state index in [2.05, 4.69) is 0 Å². The molecule has 228 valence electrons. The van der Waals surface area contributed by atoms with E-state index in [-0.39, 0.29) is 53.5 Å². The number of para-hydroxylation sites is 1. The molecule has 0 unspecified atom stereocenters. The number of carbonyl (C=O) groups excluding carboxylic acids is 3. The van der Waals surface area contributed by atoms with Gasteiger partial charge in [0.15, 0.2) is 5.78 Å². The van der Waals surface area contributed by atoms with Crippen molar-refractivity contribution >= 4 is 23.4 Å². The Morgan fingerprint density at radius 2 is 1.61 bits per heavy atom. The van der Waals surface area contributed by atoms with Crippen LogP contribution in [0.5, 0.6) is 5.75 Å². The molecular formula is C34H32F2N2O6. The highest BCUT2D eigenvalue weighted by Gasteiger charge is 2.52. The lowest BCUT2D eigenvalue weighted by molar-refractivity contribution is -0.152. The molecule has 0 radical (unpaired) electrons. The van der Waals surface area contributed by atoms with E-state index in [1.807, 2.05) is 0 Å². The maximum Gasteiger partial charge on any atom is 0.338 e. The van der Waals surface area contributed by atoms with E-state index in [1.54, 1.807) is 50.2 Å². The van der Waals surface area contributed by atoms with Gasteiger partial charge in [-0.25, -0.2) is 13.6 Å². The van der Waals surface area contributed by atoms with Crippen LogP contribution >= 0.6 is 0 Å². The van der Waals surface area contributed by atoms with Gasteiger partial charge in [-0.2, -0.15) is 0 Å². The normalized spacial score (nSPS) is 19.9. The van der Waals surface area contributed by atoms with Crippen LogP contribution < -0.4 is 15.4 Å². The third-order valence-corrected chi connectivity index (χ3v) is 7.91. The Bertz CT molecular complexity index is 1680. The van der Waals surface area contributed by atoms with Crippen LogP contribution in [0.15, 0.2) is 95.5 Å². The molecule has 3 aromatic carbocycles. The molecule has 0 amide bonds. The highest BCUT2D eigenvalue weighted by atomic mass is 19.1. The van der Waals surface area contributed by atoms with Crippen molar-refractivity contribution in [1.29, 1.82) is 0 Å². The maximum absolute atomic E-state index is 15.6. The van der Waals surface area contributed by atoms with Crippen molar-refractivity contribution in [2.24, 2.45) is 11.7 Å². The molecule has 1 aliphatic heterocycles. The van der Waals surface area contributed by atoms with Gasteiger partial charge in [0.2, 0.25) is 0 Å². The summed E-state index contributed by atoms with van der Waals surface area (Å²) in [5.41, 5.74) is 7.19. The molecule has 0 saturated heterocycles. The van der Waals surface area contributed by atoms with Crippen LogP contribution in [0.1, 0.15) is 43.2 Å². The fourth-order valence-corrected chi connectivity index (χ4v) is 6.05. The summed E-state index contributed by atoms with van der Waals surface area (Å²) in [7, 11) is 1.50. The van der Waals surface area contributed by atoms with Crippen molar-refractivity contribution < 1.29 is 37.4 Å². The van der Waals surface area contributed by atoms with Crippen molar-refractivity contribution in [3.63, 3.8) is 0 Å². The number of Topliss-reactive ketones (excluding diaryl/α,β-unsaturated/α-hetero) is 1. The second kappa shape index (κ2) is 12.7. The van der Waals surface area contributed by atoms with Crippen molar-refractivity contribution in [3.8, 4) is 5.75 Å². The minimum atomic E-state index is -1.36. The van der Waals surface area contributed by atoms with Crippen LogP contribution in [0.4, 0.5) is 14.5 Å². The molecule has 3 aromatic rings. The summed E-state index contributed by atoms with van der Waals surface area (Å²) in [4.78, 5) is 43.2. The van der Waals surface area contributed by atoms with Gasteiger partial charge in [0, 0.05) is 22.8 Å². The summed E-state index contributed by atoms with van der Waals surface area (Å²) in [6.45, 7) is 3.19. The molecule has 0 fully saturated rings. The first-order valence-electron chi connectivity index (χ1n) is 14.3. The first kappa shape index (κ1) is 30.5. The number of anilines is 1. The van der Waals surface area contributed by atoms with E-state index in [9.17, 15) is 14.4 Å². The van der Waals surface area contributed by atoms with Crippen LogP contribution in [-0.4, -0.2) is 38.0 Å². The highest BCUT2D eigenvalue weighted by Crippen LogP contribution is 2.52. The topological polar surface area (TPSA) is 108 Å². The quantitative estimate of drug-likeness (QED) is 0.266. The number of nitrogens with zero attached hydrogens (tertiary/aromatic N) is 1. The molecule has 2 aliphatic rings. The van der Waals surface area contributed by atoms with Gasteiger partial charge in [-0.15, -0.1) is 0 Å². The van der Waals surface area contributed by atoms with Crippen molar-refractivity contribution in [3.05, 3.63) is 118 Å². The third-order valence-electron chi connectivity index (χ3n) is 7.91. The summed E-state index contributed by atoms with van der Waals surface area (Å²) >= 11 is 0. The van der Waals surface area contributed by atoms with Gasteiger partial charge in [0.1, 0.15) is 29.1 Å². The van der Waals surface area contributed by atoms with Gasteiger partial charge in [-0.05, 0) is 56.2 Å². The second-order valence-corrected chi connectivity index (χ2v) is 10.3. The zero-order valence-electron chi connectivity index (χ0n) is 24.5. The molecule has 8 nitrogen and oxygen atoms in total. The third kappa shape index (κ3) is 5.32. The monoisotopic (exact) mass is 602 g/mol. The van der Waals surface area contributed by atoms with Gasteiger partial charge in [-0.3, -0.25) is 14.5 Å². The lowest BCUT2D eigenvalue weighted by Crippen LogP contribution is -2.47. The molecule has 1 heterocycles. The Hall–Kier alpha value is -4.99. The molecule has 2 N–H and O–H groups in total. The minimum Gasteiger partial charge on any atom is -0.497 e. The number of ketones is 1. The smallest absolute Gasteiger partial charge is 0.338 e. The summed E-state index contributed by atoms with van der Waals surface area (Å²) in [6, 6.07) is 18.4. The zero-order chi connectivity index (χ0) is 31.5. The lowest BCUT2D eigenvalue weighted by atomic mass is 9.66. The van der Waals surface area contributed by atoms with Crippen molar-refractivity contribution in [1.82, 2.24) is 0 Å². The fraction of sp³-hybridized carbons (Fsp3) is 0.265. The Kier molecular flexibility index (Phi) is 8.80. The number of benzene rings is 3. The Morgan fingerprint density at radius 1 is 0.932 bits per heavy atom. The zero-order valence-corrected chi connectivity index (χ0v) is 24.5. The molecule has 0 spiro atoms. The number of allylic oxidation sites excluding steroid dienone is 2. The predicted octanol–water partition coefficient (Wildman–Crippen LogP) is 5.50. The van der Waals surface area contributed by atoms with Gasteiger partial charge >= 0.3 is 11.9 Å². The van der Waals surface area contributed by atoms with Crippen LogP contribution in [0.3, 0.4) is 0 Å². The number of rotatable bonds is 8. The van der Waals surface area contributed by atoms with E-state index in [0.29, 0.717) is 11.3 Å². The standard InChI is InChI=1S/C34H32F2N2O6/c1-4-43-33(40)28-22(19-11-10-12-20(17-19)42-3)18-26-29(31(28)39)27(21-13-6-7-14-23(21)35)30(34(41)44-5-2)32(37)38(26)25-16-9-8-15-24(25)36/h6-17,22,27-28H,4-5,18,37H2,1-3H3/t22-,27-,28-/m0/s1. The number of ether oxygens (including phenoxy) is 3. The number of esters is 2. The average Bonchev–Trinajstić information content (AvgIpc) is 3.01. The number of methoxy groups -OCH3 is 1. The Morgan fingerprint density at radius 3 is 2.27 bits per heavy atom. The van der Waals surface area contributed by atoms with E-state index in [4.69, 9.17) is 19.9 Å². The fourth-order valence-electron chi connectivity index (χ4n) is 6.05. The van der Waals surface area contributed by atoms with E-state index in [0.717, 1.165) is 0 Å². The molecular weight excluding hydrogens is 570 g/mol. The van der Waals surface area contributed by atoms with Crippen LogP contribution in [-0.2, 0) is 23.9 Å². The van der Waals surface area contributed by atoms with Crippen LogP contribution in [0.25, 0.3) is 0 Å². The van der Waals surface area contributed by atoms with E-state index >= 15 is 8.78 Å². The summed E-state index contributed by atoms with van der Waals surface area (Å²) < 4.78 is 47.2. The molecule has 5 rings (SSSR count). The van der Waals surface area contributed by atoms with Crippen molar-refractivity contribution in [2.75, 3.05) is 25.2 Å². The first-order valence-corrected chi connectivity index (χ1v) is 14.3. The summed E-state index contributed by atoms with van der Waals surface area (Å²) in [5, 5.41) is 0. The summed E-state index contributed by atoms with van der Waals surface area (Å²) in [6.07, 6.45) is -0.00614. The second-order valence-electron chi connectivity index (χ2n) is 10.3. The number of halogens is 2. The Balaban J connectivity index is 1.85. The minimum absolute atomic E-state index is 0.00614. The molecule has 44 heavy (non-hydrogen) atoms. The van der Waals surface area contributed by atoms with Gasteiger partial charge in [0.25, 0.3) is 0 Å². The Labute approximate surface area is 253 Å². The van der Waals surface area contributed by atoms with E-state index < -0.39 is 47.1 Å². The molecule has 0 aromatic heterocycles. The van der Waals surface area contributed by atoms with Crippen LogP contribution in [0, 0.1) is 17.6 Å². The van der Waals surface area contributed by atoms with Gasteiger partial charge in [-0.1, -0.05) is 42.5 Å². The molecule has 3 atom stereocenters. The number of hydrogen-bond acceptors (Lipinski definition) is 8. The average molecular weight is 603 g/mol. The van der Waals surface area contributed by atoms with Gasteiger partial charge < -0.3 is 19.9 Å². The summed E-state index contributed by atoms with van der Waals surface area (Å²) in [5.74, 6) is -6.95. The lowest BCUT2D eigenvalue weighted by Gasteiger charge is -2.44. The molecule has 10 heteroatoms. The SMILES string of the molecule is CCOC(=O)C1=C(N)N(c2ccccc2F)C2=C(C(=O)[C@@H](C(=O)OCC)[C@H](c3cccc(OC)c3)C2)[C@@H]1c1ccccc1F. The maximum atomic E-state index is 15.6. The predicted molar refractivity (Wildman–Crippen MR) is 158 cm³/mol. The van der Waals surface area contributed by atoms with E-state index in [1.165, 1.54) is 48.4 Å². The first-order chi connectivity index (χ1) is 21.2. The largest absolute Gasteiger partial charge is 0.497 e. The molecule has 0 bridgehead atoms. The van der Waals surface area contributed by atoms with Gasteiger partial charge in [0.05, 0.1) is 37.5 Å². The number of hydrogen-bond donors (Lipinski definition) is 1. The molecule has 1 aliphatic carbocycles. The molecule has 0 saturated carbocycles. The number of carbonyl (C=O) groups is 3. The van der Waals surface area contributed by atoms with Crippen LogP contribution in [0.2, 0.25) is 0 Å². The number of nitrogens with two attached hydrogens (primary N) is 1.